The molecule has 0 bridgehead atoms. The Balaban J connectivity index is 1.65. The minimum Gasteiger partial charge on any atom is -0.477 e. The fraction of sp³-hybridized carbons (Fsp3) is 0.368. The molecule has 4 rings (SSSR count). The monoisotopic (exact) mass is 572 g/mol. The van der Waals surface area contributed by atoms with Gasteiger partial charge in [-0.2, -0.15) is 13.6 Å². The first-order valence-corrected chi connectivity index (χ1v) is 13.9. The number of ether oxygens (including phenoxy) is 1. The fourth-order valence-electron chi connectivity index (χ4n) is 3.91. The molecule has 1 fully saturated rings. The van der Waals surface area contributed by atoms with Gasteiger partial charge in [0.1, 0.15) is 11.1 Å². The number of carbonyl (C=O) groups is 3. The molecule has 5 N–H and O–H groups in total. The number of tetrazole rings is 1. The number of nitrogens with one attached hydrogen (secondary N) is 2. The highest BCUT2D eigenvalue weighted by Crippen LogP contribution is 2.48. The van der Waals surface area contributed by atoms with E-state index in [4.69, 9.17) is 4.74 Å². The van der Waals surface area contributed by atoms with Crippen molar-refractivity contribution in [3.8, 4) is 0 Å². The van der Waals surface area contributed by atoms with E-state index >= 15 is 0 Å². The van der Waals surface area contributed by atoms with Crippen LogP contribution in [-0.4, -0.2) is 101 Å². The number of carboxylic acids is 1. The van der Waals surface area contributed by atoms with Crippen LogP contribution in [0.5, 0.6) is 0 Å². The van der Waals surface area contributed by atoms with Gasteiger partial charge in [0.05, 0.1) is 11.0 Å². The lowest BCUT2D eigenvalue weighted by molar-refractivity contribution is -0.193. The highest BCUT2D eigenvalue weighted by atomic mass is 32.2. The number of aromatic nitrogens is 4. The number of carbonyl (C=O) groups excluding carboxylic acids is 2. The molecule has 0 spiro atoms. The number of methoxy groups -OCH3 is 1. The summed E-state index contributed by atoms with van der Waals surface area (Å²) in [5.74, 6) is -4.41. The Morgan fingerprint density at radius 1 is 1.38 bits per heavy atom. The van der Waals surface area contributed by atoms with Crippen LogP contribution in [0.15, 0.2) is 46.8 Å². The van der Waals surface area contributed by atoms with Gasteiger partial charge in [0.15, 0.2) is 6.10 Å². The number of benzene rings is 1. The van der Waals surface area contributed by atoms with Crippen molar-refractivity contribution in [1.29, 1.82) is 0 Å². The van der Waals surface area contributed by atoms with Crippen molar-refractivity contribution in [3.63, 3.8) is 0 Å². The zero-order valence-corrected chi connectivity index (χ0v) is 21.3. The average molecular weight is 573 g/mol. The molecule has 2 aliphatic heterocycles. The Labute approximate surface area is 217 Å². The van der Waals surface area contributed by atoms with Crippen LogP contribution in [-0.2, 0) is 29.2 Å². The predicted molar refractivity (Wildman–Crippen MR) is 127 cm³/mol. The number of hydrogen-bond donors (Lipinski definition) is 5. The van der Waals surface area contributed by atoms with Gasteiger partial charge in [-0.1, -0.05) is 42.1 Å². The van der Waals surface area contributed by atoms with Gasteiger partial charge in [-0.05, 0) is 16.3 Å². The topological polar surface area (TPSA) is 225 Å². The molecule has 3 heterocycles. The van der Waals surface area contributed by atoms with E-state index in [9.17, 15) is 37.6 Å². The maximum atomic E-state index is 13.3. The molecule has 15 nitrogen and oxygen atoms in total. The van der Waals surface area contributed by atoms with Gasteiger partial charge >= 0.3 is 5.97 Å². The summed E-state index contributed by atoms with van der Waals surface area (Å²) in [4.78, 5) is 39.3. The maximum Gasteiger partial charge on any atom is 0.352 e. The summed E-state index contributed by atoms with van der Waals surface area (Å²) in [7, 11) is -3.44. The summed E-state index contributed by atoms with van der Waals surface area (Å²) in [6, 6.07) is 7.96. The van der Waals surface area contributed by atoms with Crippen molar-refractivity contribution in [2.45, 2.75) is 27.6 Å². The molecule has 4 atom stereocenters. The van der Waals surface area contributed by atoms with Crippen LogP contribution in [0.1, 0.15) is 11.7 Å². The Kier molecular flexibility index (Phi) is 7.58. The number of fused-ring (bicyclic) bond motifs is 1. The average Bonchev–Trinajstić information content (AvgIpc) is 3.37. The Morgan fingerprint density at radius 3 is 2.65 bits per heavy atom. The second-order valence-corrected chi connectivity index (χ2v) is 11.5. The number of aliphatic hydroxyl groups is 1. The van der Waals surface area contributed by atoms with E-state index in [2.05, 4.69) is 25.9 Å². The van der Waals surface area contributed by atoms with Crippen molar-refractivity contribution in [3.05, 3.63) is 47.2 Å². The molecule has 1 aromatic heterocycles. The highest BCUT2D eigenvalue weighted by Gasteiger charge is 2.67. The zero-order valence-electron chi connectivity index (χ0n) is 18.8. The second-order valence-electron chi connectivity index (χ2n) is 7.81. The molecular formula is C19H20N6O9S3. The number of H-pyrrole nitrogens is 1. The molecule has 37 heavy (non-hydrogen) atoms. The lowest BCUT2D eigenvalue weighted by Crippen LogP contribution is -2.81. The lowest BCUT2D eigenvalue weighted by atomic mass is 9.96. The number of aromatic amines is 1. The molecule has 0 radical (unpaired) electrons. The number of aliphatic hydroxyl groups excluding tert-OH is 1. The minimum absolute atomic E-state index is 0.00914. The van der Waals surface area contributed by atoms with Crippen molar-refractivity contribution in [1.82, 2.24) is 30.8 Å². The molecular weight excluding hydrogens is 552 g/mol. The Bertz CT molecular complexity index is 1340. The Morgan fingerprint density at radius 2 is 2.08 bits per heavy atom. The van der Waals surface area contributed by atoms with Crippen molar-refractivity contribution < 1.29 is 42.3 Å². The van der Waals surface area contributed by atoms with Gasteiger partial charge in [-0.15, -0.1) is 22.0 Å². The summed E-state index contributed by atoms with van der Waals surface area (Å²) in [6.07, 6.45) is -1.63. The number of hydrogen-bond acceptors (Lipinski definition) is 12. The largest absolute Gasteiger partial charge is 0.477 e. The number of nitrogens with zero attached hydrogens (tertiary/aromatic N) is 4. The van der Waals surface area contributed by atoms with Crippen LogP contribution < -0.4 is 5.32 Å². The van der Waals surface area contributed by atoms with E-state index in [0.717, 1.165) is 35.5 Å². The van der Waals surface area contributed by atoms with Gasteiger partial charge in [-0.3, -0.25) is 19.0 Å². The normalized spacial score (nSPS) is 23.2. The summed E-state index contributed by atoms with van der Waals surface area (Å²) < 4.78 is 38.2. The third-order valence-corrected chi connectivity index (χ3v) is 9.00. The van der Waals surface area contributed by atoms with Crippen LogP contribution in [0.25, 0.3) is 0 Å². The Hall–Kier alpha value is -3.03. The van der Waals surface area contributed by atoms with Gasteiger partial charge in [0.25, 0.3) is 27.7 Å². The summed E-state index contributed by atoms with van der Waals surface area (Å²) in [6.45, 7) is 0. The number of β-lactam (4-membered cyclic amide) rings is 1. The number of aliphatic carboxylic acids is 1. The molecule has 1 aromatic carbocycles. The third kappa shape index (κ3) is 5.20. The van der Waals surface area contributed by atoms with E-state index in [1.54, 1.807) is 18.2 Å². The minimum atomic E-state index is -4.59. The first kappa shape index (κ1) is 27.0. The standard InChI is InChI=1S/C19H20N6O9S3/c1-34-19(20-14(27)13(26)9-5-3-2-4-6-9)16(30)25-12(15(28)29)10(7-35-17(19)25)11(8-37(31,32)33)36-18-21-23-24-22-18/h2-6,11,13,17,26H,7-8H2,1H3,(H,20,27)(H,28,29)(H,31,32,33)(H,21,22,23,24)/t11?,13?,17-,19+/m0/s1. The van der Waals surface area contributed by atoms with Gasteiger partial charge in [-0.25, -0.2) is 4.79 Å². The molecule has 18 heteroatoms. The first-order chi connectivity index (χ1) is 17.5. The zero-order chi connectivity index (χ0) is 27.0. The molecule has 2 unspecified atom stereocenters. The van der Waals surface area contributed by atoms with Gasteiger partial charge in [0.2, 0.25) is 5.16 Å². The molecule has 0 aliphatic carbocycles. The number of carboxylic acid groups (broad SMARTS) is 1. The van der Waals surface area contributed by atoms with Crippen LogP contribution >= 0.6 is 23.5 Å². The van der Waals surface area contributed by atoms with E-state index in [0.29, 0.717) is 0 Å². The smallest absolute Gasteiger partial charge is 0.352 e. The van der Waals surface area contributed by atoms with E-state index in [1.165, 1.54) is 12.1 Å². The second kappa shape index (κ2) is 10.4. The molecule has 1 saturated heterocycles. The molecule has 0 saturated carbocycles. The van der Waals surface area contributed by atoms with Crippen molar-refractivity contribution in [2.75, 3.05) is 18.6 Å². The van der Waals surface area contributed by atoms with Crippen LogP contribution in [0, 0.1) is 0 Å². The fourth-order valence-corrected chi connectivity index (χ4v) is 7.68. The highest BCUT2D eigenvalue weighted by molar-refractivity contribution is 8.01. The maximum absolute atomic E-state index is 13.3. The third-order valence-electron chi connectivity index (χ3n) is 5.58. The lowest BCUT2D eigenvalue weighted by Gasteiger charge is -2.56. The molecule has 2 aliphatic rings. The van der Waals surface area contributed by atoms with Crippen molar-refractivity contribution in [2.24, 2.45) is 0 Å². The van der Waals surface area contributed by atoms with Crippen LogP contribution in [0.4, 0.5) is 0 Å². The molecule has 2 aromatic rings. The summed E-state index contributed by atoms with van der Waals surface area (Å²) in [5, 5.41) is 33.5. The van der Waals surface area contributed by atoms with Crippen LogP contribution in [0.3, 0.4) is 0 Å². The molecule has 198 valence electrons. The summed E-state index contributed by atoms with van der Waals surface area (Å²) in [5.41, 5.74) is -2.23. The number of amides is 2. The van der Waals surface area contributed by atoms with E-state index < -0.39 is 61.8 Å². The number of rotatable bonds is 10. The van der Waals surface area contributed by atoms with Crippen molar-refractivity contribution >= 4 is 51.4 Å². The predicted octanol–water partition coefficient (Wildman–Crippen LogP) is -1.01. The quantitative estimate of drug-likeness (QED) is 0.0996. The SMILES string of the molecule is CO[C@]1(NC(=O)C(O)c2ccccc2)C(=O)N2C(C(=O)O)=C(C(CS(=O)(=O)O)Sc3nn[nH]n3)CS[C@H]21. The van der Waals surface area contributed by atoms with Gasteiger partial charge < -0.3 is 20.3 Å². The number of thioether (sulfide) groups is 2. The van der Waals surface area contributed by atoms with Gasteiger partial charge in [0, 0.05) is 12.9 Å². The summed E-state index contributed by atoms with van der Waals surface area (Å²) >= 11 is 1.74. The van der Waals surface area contributed by atoms with E-state index in [1.807, 2.05) is 0 Å². The molecule has 2 amide bonds. The van der Waals surface area contributed by atoms with E-state index in [-0.39, 0.29) is 22.0 Å². The first-order valence-electron chi connectivity index (χ1n) is 10.4. The van der Waals surface area contributed by atoms with Crippen LogP contribution in [0.2, 0.25) is 0 Å².